The van der Waals surface area contributed by atoms with Crippen LogP contribution in [-0.4, -0.2) is 22.2 Å². The molecule has 0 aliphatic carbocycles. The van der Waals surface area contributed by atoms with Crippen molar-refractivity contribution in [2.75, 3.05) is 5.32 Å². The maximum Gasteiger partial charge on any atom is 0.290 e. The summed E-state index contributed by atoms with van der Waals surface area (Å²) in [6.45, 7) is 0. The van der Waals surface area contributed by atoms with Crippen LogP contribution in [0.2, 0.25) is 0 Å². The number of nitrogens with one attached hydrogen (secondary N) is 2. The highest BCUT2D eigenvalue weighted by atomic mass is 16.2. The summed E-state index contributed by atoms with van der Waals surface area (Å²) in [5.74, 6) is -0.438. The zero-order valence-corrected chi connectivity index (χ0v) is 5.00. The first-order chi connectivity index (χ1) is 4.83. The zero-order valence-electron chi connectivity index (χ0n) is 5.00. The van der Waals surface area contributed by atoms with Crippen LogP contribution < -0.4 is 5.32 Å². The molecule has 0 aliphatic heterocycles. The Bertz CT molecular complexity index is 229. The van der Waals surface area contributed by atoms with Gasteiger partial charge in [-0.25, -0.2) is 4.98 Å². The third-order valence-electron chi connectivity index (χ3n) is 0.847. The number of aromatic nitrogens is 2. The monoisotopic (exact) mass is 139 g/mol. The number of anilines is 1. The number of rotatable bonds is 2. The maximum atomic E-state index is 10.3. The van der Waals surface area contributed by atoms with E-state index in [1.807, 2.05) is 0 Å². The van der Waals surface area contributed by atoms with Gasteiger partial charge in [0, 0.05) is 12.4 Å². The molecule has 5 heteroatoms. The van der Waals surface area contributed by atoms with Gasteiger partial charge in [-0.2, -0.15) is 0 Å². The number of carbonyl (C=O) groups is 2. The average Bonchev–Trinajstić information content (AvgIpc) is 2.40. The van der Waals surface area contributed by atoms with E-state index in [0.717, 1.165) is 0 Å². The van der Waals surface area contributed by atoms with Gasteiger partial charge in [0.1, 0.15) is 0 Å². The molecule has 10 heavy (non-hydrogen) atoms. The second kappa shape index (κ2) is 2.77. The van der Waals surface area contributed by atoms with Crippen molar-refractivity contribution in [2.24, 2.45) is 0 Å². The average molecular weight is 139 g/mol. The van der Waals surface area contributed by atoms with E-state index < -0.39 is 5.91 Å². The lowest BCUT2D eigenvalue weighted by Gasteiger charge is -1.91. The number of hydrogen-bond acceptors (Lipinski definition) is 3. The Balaban J connectivity index is 2.56. The van der Waals surface area contributed by atoms with Crippen LogP contribution >= 0.6 is 0 Å². The second-order valence-corrected chi connectivity index (χ2v) is 1.54. The Morgan fingerprint density at radius 2 is 2.60 bits per heavy atom. The summed E-state index contributed by atoms with van der Waals surface area (Å²) in [5.41, 5.74) is 0. The highest BCUT2D eigenvalue weighted by Gasteiger charge is 1.98. The summed E-state index contributed by atoms with van der Waals surface area (Å²) in [7, 11) is 0. The van der Waals surface area contributed by atoms with Crippen molar-refractivity contribution in [1.82, 2.24) is 9.97 Å². The number of carbonyl (C=O) groups excluding carboxylic acids is 2. The van der Waals surface area contributed by atoms with Gasteiger partial charge in [0.15, 0.2) is 0 Å². The molecule has 5 nitrogen and oxygen atoms in total. The number of aldehydes is 1. The molecule has 1 aromatic rings. The predicted octanol–water partition coefficient (Wildman–Crippen LogP) is -0.453. The zero-order chi connectivity index (χ0) is 7.40. The van der Waals surface area contributed by atoms with E-state index in [2.05, 4.69) is 15.3 Å². The van der Waals surface area contributed by atoms with Crippen molar-refractivity contribution in [3.05, 3.63) is 12.4 Å². The minimum atomic E-state index is -0.713. The fourth-order valence-corrected chi connectivity index (χ4v) is 0.480. The van der Waals surface area contributed by atoms with Gasteiger partial charge in [0.05, 0.1) is 0 Å². The van der Waals surface area contributed by atoms with Crippen molar-refractivity contribution < 1.29 is 9.59 Å². The lowest BCUT2D eigenvalue weighted by Crippen LogP contribution is -2.12. The predicted molar refractivity (Wildman–Crippen MR) is 33.3 cm³/mol. The van der Waals surface area contributed by atoms with E-state index in [-0.39, 0.29) is 12.2 Å². The number of aromatic amines is 1. The first-order valence-electron chi connectivity index (χ1n) is 2.58. The standard InChI is InChI=1S/C5H5N3O2/c9-3-4(10)8-5-6-1-2-7-5/h1-3H,(H2,6,7,8,10). The molecule has 0 radical (unpaired) electrons. The van der Waals surface area contributed by atoms with Crippen molar-refractivity contribution in [3.8, 4) is 0 Å². The van der Waals surface area contributed by atoms with Gasteiger partial charge in [0.2, 0.25) is 12.2 Å². The summed E-state index contributed by atoms with van der Waals surface area (Å²) >= 11 is 0. The topological polar surface area (TPSA) is 74.8 Å². The van der Waals surface area contributed by atoms with Crippen LogP contribution in [0.5, 0.6) is 0 Å². The quantitative estimate of drug-likeness (QED) is 0.430. The Morgan fingerprint density at radius 3 is 3.10 bits per heavy atom. The molecule has 0 fully saturated rings. The lowest BCUT2D eigenvalue weighted by atomic mass is 10.7. The number of H-pyrrole nitrogens is 1. The molecular formula is C5H5N3O2. The van der Waals surface area contributed by atoms with Crippen LogP contribution in [0.15, 0.2) is 12.4 Å². The summed E-state index contributed by atoms with van der Waals surface area (Å²) in [6.07, 6.45) is 3.20. The Morgan fingerprint density at radius 1 is 1.80 bits per heavy atom. The third-order valence-corrected chi connectivity index (χ3v) is 0.847. The Kier molecular flexibility index (Phi) is 1.79. The summed E-state index contributed by atoms with van der Waals surface area (Å²) < 4.78 is 0. The molecule has 1 rings (SSSR count). The Hall–Kier alpha value is -1.65. The van der Waals surface area contributed by atoms with Crippen LogP contribution in [0.1, 0.15) is 0 Å². The molecule has 0 atom stereocenters. The van der Waals surface area contributed by atoms with Crippen LogP contribution in [-0.2, 0) is 9.59 Å². The van der Waals surface area contributed by atoms with Gasteiger partial charge in [0.25, 0.3) is 5.91 Å². The van der Waals surface area contributed by atoms with Gasteiger partial charge in [-0.05, 0) is 0 Å². The lowest BCUT2D eigenvalue weighted by molar-refractivity contribution is -0.127. The molecule has 0 spiro atoms. The van der Waals surface area contributed by atoms with Gasteiger partial charge in [-0.1, -0.05) is 0 Å². The fraction of sp³-hybridized carbons (Fsp3) is 0. The van der Waals surface area contributed by atoms with E-state index in [9.17, 15) is 9.59 Å². The first-order valence-corrected chi connectivity index (χ1v) is 2.58. The first kappa shape index (κ1) is 6.47. The number of nitrogens with zero attached hydrogens (tertiary/aromatic N) is 1. The highest BCUT2D eigenvalue weighted by molar-refractivity contribution is 6.29. The highest BCUT2D eigenvalue weighted by Crippen LogP contribution is 1.92. The minimum Gasteiger partial charge on any atom is -0.331 e. The van der Waals surface area contributed by atoms with Crippen molar-refractivity contribution >= 4 is 18.1 Å². The fourth-order valence-electron chi connectivity index (χ4n) is 0.480. The van der Waals surface area contributed by atoms with Crippen molar-refractivity contribution in [3.63, 3.8) is 0 Å². The summed E-state index contributed by atoms with van der Waals surface area (Å²) in [4.78, 5) is 26.4. The van der Waals surface area contributed by atoms with Gasteiger partial charge in [-0.3, -0.25) is 14.9 Å². The van der Waals surface area contributed by atoms with Gasteiger partial charge >= 0.3 is 0 Å². The molecule has 0 saturated heterocycles. The molecule has 0 saturated carbocycles. The van der Waals surface area contributed by atoms with E-state index >= 15 is 0 Å². The second-order valence-electron chi connectivity index (χ2n) is 1.54. The van der Waals surface area contributed by atoms with E-state index in [1.54, 1.807) is 6.20 Å². The van der Waals surface area contributed by atoms with Gasteiger partial charge in [-0.15, -0.1) is 0 Å². The molecule has 0 aliphatic rings. The molecule has 0 aromatic carbocycles. The van der Waals surface area contributed by atoms with Crippen LogP contribution in [0, 0.1) is 0 Å². The molecule has 1 aromatic heterocycles. The van der Waals surface area contributed by atoms with E-state index in [4.69, 9.17) is 0 Å². The molecule has 52 valence electrons. The molecular weight excluding hydrogens is 134 g/mol. The van der Waals surface area contributed by atoms with E-state index in [0.29, 0.717) is 0 Å². The SMILES string of the molecule is O=CC(=O)Nc1ncc[nH]1. The smallest absolute Gasteiger partial charge is 0.290 e. The molecule has 1 heterocycles. The third kappa shape index (κ3) is 1.41. The van der Waals surface area contributed by atoms with Crippen LogP contribution in [0.3, 0.4) is 0 Å². The maximum absolute atomic E-state index is 10.3. The minimum absolute atomic E-state index is 0.183. The van der Waals surface area contributed by atoms with Crippen molar-refractivity contribution in [1.29, 1.82) is 0 Å². The summed E-state index contributed by atoms with van der Waals surface area (Å²) in [5, 5.41) is 2.20. The number of amides is 1. The normalized spacial score (nSPS) is 8.80. The van der Waals surface area contributed by atoms with Crippen LogP contribution in [0.4, 0.5) is 5.95 Å². The number of hydrogen-bond donors (Lipinski definition) is 2. The molecule has 0 bridgehead atoms. The molecule has 2 N–H and O–H groups in total. The molecule has 1 amide bonds. The largest absolute Gasteiger partial charge is 0.331 e. The van der Waals surface area contributed by atoms with Crippen LogP contribution in [0.25, 0.3) is 0 Å². The van der Waals surface area contributed by atoms with Gasteiger partial charge < -0.3 is 4.98 Å². The number of imidazole rings is 1. The molecule has 0 unspecified atom stereocenters. The Labute approximate surface area is 56.5 Å². The van der Waals surface area contributed by atoms with E-state index in [1.165, 1.54) is 6.20 Å². The van der Waals surface area contributed by atoms with Crippen molar-refractivity contribution in [2.45, 2.75) is 0 Å². The summed E-state index contributed by atoms with van der Waals surface area (Å²) in [6, 6.07) is 0.